The van der Waals surface area contributed by atoms with Crippen molar-refractivity contribution in [3.63, 3.8) is 0 Å². The second-order valence-electron chi connectivity index (χ2n) is 6.47. The molecule has 0 aliphatic carbocycles. The van der Waals surface area contributed by atoms with Crippen LogP contribution in [0, 0.1) is 0 Å². The van der Waals surface area contributed by atoms with E-state index in [1.807, 2.05) is 0 Å². The number of unbranched alkanes of at least 4 members (excludes halogenated alkanes) is 8. The summed E-state index contributed by atoms with van der Waals surface area (Å²) in [4.78, 5) is 10.9. The van der Waals surface area contributed by atoms with Gasteiger partial charge < -0.3 is 8.85 Å². The quantitative estimate of drug-likeness (QED) is 0.385. The predicted octanol–water partition coefficient (Wildman–Crippen LogP) is 3.56. The summed E-state index contributed by atoms with van der Waals surface area (Å²) in [7, 11) is -0.758. The van der Waals surface area contributed by atoms with Crippen LogP contribution >= 0.6 is 0 Å². The first kappa shape index (κ1) is 19.9. The summed E-state index contributed by atoms with van der Waals surface area (Å²) in [6.45, 7) is 7.69. The third kappa shape index (κ3) is 15.9. The topological polar surface area (TPSA) is 35.5 Å². The summed E-state index contributed by atoms with van der Waals surface area (Å²) < 4.78 is 10.6. The number of rotatable bonds is 13. The van der Waals surface area contributed by atoms with Gasteiger partial charge in [-0.25, -0.2) is 0 Å². The van der Waals surface area contributed by atoms with Gasteiger partial charge in [0.05, 0.1) is 0 Å². The van der Waals surface area contributed by atoms with Crippen molar-refractivity contribution in [2.24, 2.45) is 0 Å². The molecule has 0 aromatic heterocycles. The molecule has 0 spiro atoms. The molecule has 0 amide bonds. The number of carbonyl (C=O) groups excluding carboxylic acids is 1. The van der Waals surface area contributed by atoms with Crippen molar-refractivity contribution in [3.8, 4) is 0 Å². The van der Waals surface area contributed by atoms with E-state index in [4.69, 9.17) is 8.85 Å². The Morgan fingerprint density at radius 2 is 1.30 bits per heavy atom. The van der Waals surface area contributed by atoms with Gasteiger partial charge in [-0.1, -0.05) is 44.9 Å². The van der Waals surface area contributed by atoms with Gasteiger partial charge >= 0.3 is 0 Å². The highest BCUT2D eigenvalue weighted by molar-refractivity contribution is 6.69. The van der Waals surface area contributed by atoms with E-state index in [-0.39, 0.29) is 5.97 Å². The maximum atomic E-state index is 10.9. The Morgan fingerprint density at radius 3 is 1.75 bits per heavy atom. The minimum absolute atomic E-state index is 0.0165. The monoisotopic (exact) mass is 318 g/mol. The second kappa shape index (κ2) is 12.6. The molecule has 0 atom stereocenters. The fourth-order valence-electron chi connectivity index (χ4n) is 2.09. The smallest absolute Gasteiger partial charge is 0.291 e. The van der Waals surface area contributed by atoms with Gasteiger partial charge in [-0.2, -0.15) is 0 Å². The van der Waals surface area contributed by atoms with Gasteiger partial charge in [0.1, 0.15) is 0 Å². The summed E-state index contributed by atoms with van der Waals surface area (Å²) in [6, 6.07) is 0. The molecule has 5 heteroatoms. The van der Waals surface area contributed by atoms with Crippen LogP contribution in [0.25, 0.3) is 0 Å². The van der Waals surface area contributed by atoms with Crippen LogP contribution in [0.1, 0.15) is 64.2 Å². The normalized spacial score (nSPS) is 11.8. The average Bonchev–Trinajstić information content (AvgIpc) is 2.38. The lowest BCUT2D eigenvalue weighted by Gasteiger charge is -2.16. The molecule has 0 N–H and O–H groups in total. The highest BCUT2D eigenvalue weighted by Gasteiger charge is 2.12. The Hall–Kier alpha value is -0.136. The Bertz CT molecular complexity index is 240. The lowest BCUT2D eigenvalue weighted by Crippen LogP contribution is -2.25. The van der Waals surface area contributed by atoms with Crippen LogP contribution in [0.3, 0.4) is 0 Å². The van der Waals surface area contributed by atoms with E-state index < -0.39 is 8.32 Å². The first-order valence-corrected chi connectivity index (χ1v) is 12.4. The van der Waals surface area contributed by atoms with Crippen LogP contribution in [0.15, 0.2) is 0 Å². The van der Waals surface area contributed by atoms with E-state index in [1.165, 1.54) is 51.4 Å². The molecule has 0 saturated carbocycles. The van der Waals surface area contributed by atoms with Gasteiger partial charge in [-0.05, 0) is 32.5 Å². The van der Waals surface area contributed by atoms with Crippen LogP contribution < -0.4 is 0 Å². The molecule has 3 nitrogen and oxygen atoms in total. The van der Waals surface area contributed by atoms with Gasteiger partial charge in [0, 0.05) is 13.0 Å². The van der Waals surface area contributed by atoms with Crippen molar-refractivity contribution in [1.29, 1.82) is 0 Å². The molecule has 0 saturated heterocycles. The standard InChI is InChI=1S/C15H34O3Si2/c1-20(2,3)17-14-12-10-8-6-4-5-7-9-11-13-15(16)18-19/h4-14H2,1-3,19H3. The molecule has 0 aromatic carbocycles. The van der Waals surface area contributed by atoms with Gasteiger partial charge in [-0.15, -0.1) is 0 Å². The van der Waals surface area contributed by atoms with E-state index in [2.05, 4.69) is 19.6 Å². The fourth-order valence-corrected chi connectivity index (χ4v) is 3.05. The van der Waals surface area contributed by atoms with Gasteiger partial charge in [0.15, 0.2) is 8.32 Å². The highest BCUT2D eigenvalue weighted by Crippen LogP contribution is 2.11. The largest absolute Gasteiger partial charge is 0.529 e. The molecule has 0 heterocycles. The number of carbonyl (C=O) groups is 1. The van der Waals surface area contributed by atoms with Crippen LogP contribution in [-0.4, -0.2) is 31.4 Å². The number of hydrogen-bond acceptors (Lipinski definition) is 3. The Morgan fingerprint density at radius 1 is 0.850 bits per heavy atom. The Balaban J connectivity index is 3.08. The van der Waals surface area contributed by atoms with Crippen LogP contribution in [0.5, 0.6) is 0 Å². The van der Waals surface area contributed by atoms with E-state index in [0.717, 1.165) is 13.0 Å². The van der Waals surface area contributed by atoms with E-state index in [0.29, 0.717) is 16.9 Å². The molecular formula is C15H34O3Si2. The van der Waals surface area contributed by atoms with Crippen molar-refractivity contribution < 1.29 is 13.6 Å². The van der Waals surface area contributed by atoms with E-state index >= 15 is 0 Å². The molecule has 0 rings (SSSR count). The third-order valence-electron chi connectivity index (χ3n) is 3.29. The van der Waals surface area contributed by atoms with Gasteiger partial charge in [0.2, 0.25) is 10.5 Å². The van der Waals surface area contributed by atoms with Gasteiger partial charge in [0.25, 0.3) is 5.97 Å². The second-order valence-corrected chi connectivity index (χ2v) is 11.4. The molecule has 0 unspecified atom stereocenters. The summed E-state index contributed by atoms with van der Waals surface area (Å²) >= 11 is 0. The average molecular weight is 319 g/mol. The summed E-state index contributed by atoms with van der Waals surface area (Å²) in [6.07, 6.45) is 11.9. The van der Waals surface area contributed by atoms with Crippen molar-refractivity contribution in [2.45, 2.75) is 83.8 Å². The minimum Gasteiger partial charge on any atom is -0.529 e. The highest BCUT2D eigenvalue weighted by atomic mass is 28.4. The molecule has 20 heavy (non-hydrogen) atoms. The maximum absolute atomic E-state index is 10.9. The summed E-state index contributed by atoms with van der Waals surface area (Å²) in [5.74, 6) is -0.0165. The maximum Gasteiger partial charge on any atom is 0.291 e. The van der Waals surface area contributed by atoms with E-state index in [9.17, 15) is 4.79 Å². The molecular weight excluding hydrogens is 284 g/mol. The van der Waals surface area contributed by atoms with Crippen molar-refractivity contribution in [2.75, 3.05) is 6.61 Å². The molecule has 0 bridgehead atoms. The van der Waals surface area contributed by atoms with Crippen molar-refractivity contribution >= 4 is 24.8 Å². The first-order chi connectivity index (χ1) is 9.45. The van der Waals surface area contributed by atoms with Crippen LogP contribution in [0.4, 0.5) is 0 Å². The first-order valence-electron chi connectivity index (χ1n) is 8.16. The molecule has 0 fully saturated rings. The zero-order valence-electron chi connectivity index (χ0n) is 14.0. The Labute approximate surface area is 129 Å². The summed E-state index contributed by atoms with van der Waals surface area (Å²) in [5, 5.41) is 0. The predicted molar refractivity (Wildman–Crippen MR) is 91.5 cm³/mol. The van der Waals surface area contributed by atoms with Crippen LogP contribution in [0.2, 0.25) is 19.6 Å². The number of hydrogen-bond donors (Lipinski definition) is 0. The molecule has 0 aliphatic heterocycles. The Kier molecular flexibility index (Phi) is 12.5. The van der Waals surface area contributed by atoms with Gasteiger partial charge in [-0.3, -0.25) is 4.79 Å². The SMILES string of the molecule is C[Si](C)(C)OCCCCCCCCCCCC(=O)O[SiH3]. The molecule has 0 radical (unpaired) electrons. The van der Waals surface area contributed by atoms with Crippen molar-refractivity contribution in [3.05, 3.63) is 0 Å². The molecule has 0 aromatic rings. The summed E-state index contributed by atoms with van der Waals surface area (Å²) in [5.41, 5.74) is 0. The zero-order valence-corrected chi connectivity index (χ0v) is 17.0. The van der Waals surface area contributed by atoms with E-state index in [1.54, 1.807) is 0 Å². The van der Waals surface area contributed by atoms with Crippen LogP contribution in [-0.2, 0) is 13.6 Å². The lowest BCUT2D eigenvalue weighted by atomic mass is 10.1. The zero-order chi connectivity index (χ0) is 15.3. The fraction of sp³-hybridized carbons (Fsp3) is 0.933. The third-order valence-corrected chi connectivity index (χ3v) is 4.81. The lowest BCUT2D eigenvalue weighted by molar-refractivity contribution is -0.134. The van der Waals surface area contributed by atoms with Crippen molar-refractivity contribution in [1.82, 2.24) is 0 Å². The molecule has 120 valence electrons. The molecule has 0 aliphatic rings. The minimum atomic E-state index is -1.29.